The van der Waals surface area contributed by atoms with Crippen LogP contribution < -0.4 is 0 Å². The summed E-state index contributed by atoms with van der Waals surface area (Å²) >= 11 is 0. The van der Waals surface area contributed by atoms with Gasteiger partial charge in [0.25, 0.3) is 0 Å². The van der Waals surface area contributed by atoms with Crippen molar-refractivity contribution < 1.29 is 4.74 Å². The summed E-state index contributed by atoms with van der Waals surface area (Å²) in [5, 5.41) is 0. The molecule has 2 nitrogen and oxygen atoms in total. The third-order valence-electron chi connectivity index (χ3n) is 3.67. The Kier molecular flexibility index (Phi) is 3.17. The maximum absolute atomic E-state index is 5.41. The number of ether oxygens (including phenoxy) is 1. The molecule has 0 bridgehead atoms. The van der Waals surface area contributed by atoms with Crippen molar-refractivity contribution in [3.8, 4) is 0 Å². The highest BCUT2D eigenvalue weighted by Crippen LogP contribution is 2.41. The van der Waals surface area contributed by atoms with Gasteiger partial charge in [-0.25, -0.2) is 0 Å². The van der Waals surface area contributed by atoms with Crippen molar-refractivity contribution >= 4 is 0 Å². The molecular formula is C13H23NO. The fourth-order valence-corrected chi connectivity index (χ4v) is 3.23. The molecule has 0 amide bonds. The van der Waals surface area contributed by atoms with Crippen LogP contribution in [0.1, 0.15) is 33.1 Å². The summed E-state index contributed by atoms with van der Waals surface area (Å²) in [6, 6.07) is 0. The van der Waals surface area contributed by atoms with Crippen LogP contribution in [0.3, 0.4) is 0 Å². The average Bonchev–Trinajstić information content (AvgIpc) is 2.59. The van der Waals surface area contributed by atoms with E-state index in [1.165, 1.54) is 32.4 Å². The van der Waals surface area contributed by atoms with Gasteiger partial charge in [-0.2, -0.15) is 0 Å². The van der Waals surface area contributed by atoms with Crippen LogP contribution in [0.2, 0.25) is 0 Å². The lowest BCUT2D eigenvalue weighted by molar-refractivity contribution is 0.0656. The van der Waals surface area contributed by atoms with Crippen molar-refractivity contribution in [1.29, 1.82) is 0 Å². The van der Waals surface area contributed by atoms with Crippen molar-refractivity contribution in [2.24, 2.45) is 5.92 Å². The van der Waals surface area contributed by atoms with Gasteiger partial charge < -0.3 is 4.74 Å². The minimum absolute atomic E-state index is 0.357. The van der Waals surface area contributed by atoms with E-state index < -0.39 is 0 Å². The van der Waals surface area contributed by atoms with Gasteiger partial charge in [-0.15, -0.1) is 0 Å². The number of allylic oxidation sites excluding steroid dienone is 1. The van der Waals surface area contributed by atoms with E-state index in [4.69, 9.17) is 4.74 Å². The van der Waals surface area contributed by atoms with Crippen LogP contribution in [-0.4, -0.2) is 37.2 Å². The predicted octanol–water partition coefficient (Wildman–Crippen LogP) is 2.45. The number of fused-ring (bicyclic) bond motifs is 1. The number of nitrogens with zero attached hydrogens (tertiary/aromatic N) is 1. The monoisotopic (exact) mass is 209 g/mol. The lowest BCUT2D eigenvalue weighted by atomic mass is 9.92. The quantitative estimate of drug-likeness (QED) is 0.662. The summed E-state index contributed by atoms with van der Waals surface area (Å²) in [6.45, 7) is 7.88. The van der Waals surface area contributed by atoms with Crippen LogP contribution in [0.4, 0.5) is 0 Å². The summed E-state index contributed by atoms with van der Waals surface area (Å²) in [4.78, 5) is 2.63. The number of hydrogen-bond donors (Lipinski definition) is 0. The first kappa shape index (κ1) is 11.2. The van der Waals surface area contributed by atoms with Gasteiger partial charge in [0, 0.05) is 19.2 Å². The molecular weight excluding hydrogens is 186 g/mol. The van der Waals surface area contributed by atoms with Gasteiger partial charge >= 0.3 is 0 Å². The predicted molar refractivity (Wildman–Crippen MR) is 63.0 cm³/mol. The second-order valence-corrected chi connectivity index (χ2v) is 5.43. The zero-order chi connectivity index (χ0) is 10.9. The maximum Gasteiger partial charge on any atom is 0.0649 e. The molecule has 15 heavy (non-hydrogen) atoms. The summed E-state index contributed by atoms with van der Waals surface area (Å²) < 4.78 is 5.41. The van der Waals surface area contributed by atoms with Crippen molar-refractivity contribution in [3.05, 3.63) is 11.6 Å². The largest absolute Gasteiger partial charge is 0.383 e. The Morgan fingerprint density at radius 3 is 3.00 bits per heavy atom. The Balaban J connectivity index is 2.10. The van der Waals surface area contributed by atoms with E-state index >= 15 is 0 Å². The van der Waals surface area contributed by atoms with E-state index in [2.05, 4.69) is 24.8 Å². The SMILES string of the molecule is COCC12CCCN1C/C(=C\C(C)C)C2. The van der Waals surface area contributed by atoms with Gasteiger partial charge in [0.15, 0.2) is 0 Å². The number of hydrogen-bond acceptors (Lipinski definition) is 2. The summed E-state index contributed by atoms with van der Waals surface area (Å²) in [6.07, 6.45) is 6.34. The third kappa shape index (κ3) is 2.11. The molecule has 86 valence electrons. The zero-order valence-electron chi connectivity index (χ0n) is 10.3. The van der Waals surface area contributed by atoms with Crippen LogP contribution in [-0.2, 0) is 4.74 Å². The van der Waals surface area contributed by atoms with Crippen molar-refractivity contribution in [3.63, 3.8) is 0 Å². The molecule has 1 unspecified atom stereocenters. The maximum atomic E-state index is 5.41. The van der Waals surface area contributed by atoms with Crippen LogP contribution in [0.15, 0.2) is 11.6 Å². The van der Waals surface area contributed by atoms with Gasteiger partial charge in [-0.3, -0.25) is 4.90 Å². The van der Waals surface area contributed by atoms with Gasteiger partial charge in [0.05, 0.1) is 6.61 Å². The third-order valence-corrected chi connectivity index (χ3v) is 3.67. The Morgan fingerprint density at radius 1 is 1.53 bits per heavy atom. The second-order valence-electron chi connectivity index (χ2n) is 5.43. The van der Waals surface area contributed by atoms with Crippen LogP contribution in [0.25, 0.3) is 0 Å². The van der Waals surface area contributed by atoms with Crippen molar-refractivity contribution in [2.75, 3.05) is 26.8 Å². The van der Waals surface area contributed by atoms with E-state index in [1.807, 2.05) is 7.11 Å². The molecule has 2 heteroatoms. The minimum atomic E-state index is 0.357. The molecule has 0 aromatic rings. The Bertz CT molecular complexity index is 259. The second kappa shape index (κ2) is 4.26. The molecule has 0 N–H and O–H groups in total. The van der Waals surface area contributed by atoms with Crippen molar-refractivity contribution in [1.82, 2.24) is 4.90 Å². The smallest absolute Gasteiger partial charge is 0.0649 e. The van der Waals surface area contributed by atoms with E-state index in [-0.39, 0.29) is 0 Å². The zero-order valence-corrected chi connectivity index (χ0v) is 10.3. The fourth-order valence-electron chi connectivity index (χ4n) is 3.23. The molecule has 0 aromatic carbocycles. The molecule has 0 aliphatic carbocycles. The highest BCUT2D eigenvalue weighted by molar-refractivity contribution is 5.21. The van der Waals surface area contributed by atoms with Gasteiger partial charge in [0.1, 0.15) is 0 Å². The molecule has 2 heterocycles. The highest BCUT2D eigenvalue weighted by Gasteiger charge is 2.45. The van der Waals surface area contributed by atoms with Crippen LogP contribution in [0.5, 0.6) is 0 Å². The standard InChI is InChI=1S/C13H23NO/c1-11(2)7-12-8-13(10-15-3)5-4-6-14(13)9-12/h7,11H,4-6,8-10H2,1-3H3/b12-7-. The first-order chi connectivity index (χ1) is 7.16. The fraction of sp³-hybridized carbons (Fsp3) is 0.846. The lowest BCUT2D eigenvalue weighted by Gasteiger charge is -2.30. The summed E-state index contributed by atoms with van der Waals surface area (Å²) in [5.41, 5.74) is 1.98. The average molecular weight is 209 g/mol. The first-order valence-corrected chi connectivity index (χ1v) is 6.10. The molecule has 0 saturated carbocycles. The van der Waals surface area contributed by atoms with Gasteiger partial charge in [0.2, 0.25) is 0 Å². The number of methoxy groups -OCH3 is 1. The minimum Gasteiger partial charge on any atom is -0.383 e. The van der Waals surface area contributed by atoms with E-state index in [1.54, 1.807) is 5.57 Å². The van der Waals surface area contributed by atoms with E-state index in [0.717, 1.165) is 6.61 Å². The molecule has 2 fully saturated rings. The van der Waals surface area contributed by atoms with Gasteiger partial charge in [-0.05, 0) is 31.7 Å². The van der Waals surface area contributed by atoms with E-state index in [0.29, 0.717) is 11.5 Å². The van der Waals surface area contributed by atoms with Crippen LogP contribution in [0, 0.1) is 5.92 Å². The molecule has 0 spiro atoms. The molecule has 0 radical (unpaired) electrons. The Labute approximate surface area is 93.3 Å². The molecule has 0 aromatic heterocycles. The lowest BCUT2D eigenvalue weighted by Crippen LogP contribution is -2.42. The molecule has 2 rings (SSSR count). The Morgan fingerprint density at radius 2 is 2.33 bits per heavy atom. The molecule has 1 atom stereocenters. The molecule has 2 aliphatic rings. The first-order valence-electron chi connectivity index (χ1n) is 6.10. The molecule has 2 aliphatic heterocycles. The van der Waals surface area contributed by atoms with E-state index in [9.17, 15) is 0 Å². The summed E-state index contributed by atoms with van der Waals surface area (Å²) in [7, 11) is 1.83. The number of rotatable bonds is 3. The Hall–Kier alpha value is -0.340. The highest BCUT2D eigenvalue weighted by atomic mass is 16.5. The van der Waals surface area contributed by atoms with Gasteiger partial charge in [-0.1, -0.05) is 25.5 Å². The molecule has 2 saturated heterocycles. The topological polar surface area (TPSA) is 12.5 Å². The van der Waals surface area contributed by atoms with Crippen LogP contribution >= 0.6 is 0 Å². The normalized spacial score (nSPS) is 34.3. The van der Waals surface area contributed by atoms with Crippen molar-refractivity contribution in [2.45, 2.75) is 38.6 Å². The summed E-state index contributed by atoms with van der Waals surface area (Å²) in [5.74, 6) is 0.680.